The molecule has 2 aromatic carbocycles. The summed E-state index contributed by atoms with van der Waals surface area (Å²) >= 11 is 5.93. The Kier molecular flexibility index (Phi) is 5.77. The second kappa shape index (κ2) is 8.06. The van der Waals surface area contributed by atoms with E-state index in [1.165, 1.54) is 6.92 Å². The molecule has 4 atom stereocenters. The fraction of sp³-hybridized carbons (Fsp3) is 0.300. The summed E-state index contributed by atoms with van der Waals surface area (Å²) in [5.74, 6) is -1.30. The Balaban J connectivity index is 1.69. The summed E-state index contributed by atoms with van der Waals surface area (Å²) in [6.45, 7) is 0.885. The molecule has 0 aliphatic carbocycles. The monoisotopic (exact) mass is 392 g/mol. The molecular formula is C20H18ClFO5. The molecule has 5 nitrogen and oxygen atoms in total. The number of rotatable bonds is 5. The lowest BCUT2D eigenvalue weighted by Crippen LogP contribution is -2.44. The zero-order valence-corrected chi connectivity index (χ0v) is 15.3. The average molecular weight is 393 g/mol. The molecule has 0 amide bonds. The summed E-state index contributed by atoms with van der Waals surface area (Å²) in [4.78, 5) is 24.4. The van der Waals surface area contributed by atoms with E-state index in [9.17, 15) is 14.0 Å². The van der Waals surface area contributed by atoms with Crippen LogP contribution in [0, 0.1) is 0 Å². The van der Waals surface area contributed by atoms with Crippen molar-refractivity contribution in [2.75, 3.05) is 6.61 Å². The van der Waals surface area contributed by atoms with Gasteiger partial charge in [-0.3, -0.25) is 0 Å². The van der Waals surface area contributed by atoms with E-state index < -0.39 is 35.4 Å². The third kappa shape index (κ3) is 4.28. The molecule has 27 heavy (non-hydrogen) atoms. The zero-order chi connectivity index (χ0) is 19.4. The van der Waals surface area contributed by atoms with Crippen molar-refractivity contribution in [2.24, 2.45) is 0 Å². The van der Waals surface area contributed by atoms with E-state index in [4.69, 9.17) is 25.8 Å². The van der Waals surface area contributed by atoms with Gasteiger partial charge in [-0.25, -0.2) is 14.0 Å². The van der Waals surface area contributed by atoms with Crippen LogP contribution >= 0.6 is 11.6 Å². The summed E-state index contributed by atoms with van der Waals surface area (Å²) in [7, 11) is 0. The summed E-state index contributed by atoms with van der Waals surface area (Å²) < 4.78 is 30.8. The molecule has 0 aromatic heterocycles. The molecular weight excluding hydrogens is 375 g/mol. The number of alkyl halides is 2. The Hall–Kier alpha value is -2.44. The van der Waals surface area contributed by atoms with E-state index >= 15 is 0 Å². The van der Waals surface area contributed by atoms with Crippen LogP contribution in [0.1, 0.15) is 27.6 Å². The van der Waals surface area contributed by atoms with Crippen molar-refractivity contribution in [3.63, 3.8) is 0 Å². The molecule has 142 valence electrons. The number of ether oxygens (including phenoxy) is 3. The van der Waals surface area contributed by atoms with Crippen molar-refractivity contribution in [1.82, 2.24) is 0 Å². The second-order valence-electron chi connectivity index (χ2n) is 6.30. The van der Waals surface area contributed by atoms with Crippen LogP contribution in [0.3, 0.4) is 0 Å². The van der Waals surface area contributed by atoms with E-state index in [2.05, 4.69) is 0 Å². The van der Waals surface area contributed by atoms with Crippen molar-refractivity contribution in [2.45, 2.75) is 30.4 Å². The van der Waals surface area contributed by atoms with Crippen LogP contribution in [0.4, 0.5) is 4.39 Å². The lowest BCUT2D eigenvalue weighted by Gasteiger charge is -2.25. The molecule has 7 heteroatoms. The van der Waals surface area contributed by atoms with E-state index in [0.29, 0.717) is 5.56 Å². The number of halogens is 2. The Morgan fingerprint density at radius 3 is 2.11 bits per heavy atom. The van der Waals surface area contributed by atoms with Crippen molar-refractivity contribution in [3.05, 3.63) is 71.8 Å². The number of hydrogen-bond acceptors (Lipinski definition) is 5. The molecule has 1 fully saturated rings. The van der Waals surface area contributed by atoms with Gasteiger partial charge in [-0.05, 0) is 31.2 Å². The molecule has 2 aromatic rings. The van der Waals surface area contributed by atoms with Gasteiger partial charge in [0.15, 0.2) is 17.3 Å². The highest BCUT2D eigenvalue weighted by Gasteiger charge is 2.56. The van der Waals surface area contributed by atoms with Gasteiger partial charge in [0.25, 0.3) is 0 Å². The minimum atomic E-state index is -2.14. The lowest BCUT2D eigenvalue weighted by molar-refractivity contribution is -0.0423. The van der Waals surface area contributed by atoms with Crippen LogP contribution in [0.2, 0.25) is 0 Å². The predicted octanol–water partition coefficient (Wildman–Crippen LogP) is 3.76. The third-order valence-electron chi connectivity index (χ3n) is 4.26. The zero-order valence-electron chi connectivity index (χ0n) is 14.5. The molecule has 1 aliphatic heterocycles. The highest BCUT2D eigenvalue weighted by atomic mass is 35.5. The minimum absolute atomic E-state index is 0.270. The van der Waals surface area contributed by atoms with Gasteiger partial charge >= 0.3 is 11.9 Å². The first-order valence-electron chi connectivity index (χ1n) is 8.36. The van der Waals surface area contributed by atoms with Crippen molar-refractivity contribution < 1.29 is 28.2 Å². The van der Waals surface area contributed by atoms with E-state index in [0.717, 1.165) is 0 Å². The highest BCUT2D eigenvalue weighted by molar-refractivity contribution is 6.20. The van der Waals surface area contributed by atoms with Gasteiger partial charge in [0.05, 0.1) is 11.1 Å². The maximum absolute atomic E-state index is 15.0. The van der Waals surface area contributed by atoms with Gasteiger partial charge in [0.1, 0.15) is 12.7 Å². The summed E-state index contributed by atoms with van der Waals surface area (Å²) in [6.07, 6.45) is -2.35. The maximum Gasteiger partial charge on any atom is 0.338 e. The first-order chi connectivity index (χ1) is 12.9. The molecule has 0 spiro atoms. The number of hydrogen-bond donors (Lipinski definition) is 0. The highest BCUT2D eigenvalue weighted by Crippen LogP contribution is 2.39. The molecule has 1 heterocycles. The molecule has 0 radical (unpaired) electrons. The van der Waals surface area contributed by atoms with Crippen LogP contribution in [-0.4, -0.2) is 42.0 Å². The van der Waals surface area contributed by atoms with Gasteiger partial charge in [-0.15, -0.1) is 0 Å². The fourth-order valence-corrected chi connectivity index (χ4v) is 3.00. The molecule has 2 unspecified atom stereocenters. The van der Waals surface area contributed by atoms with Gasteiger partial charge < -0.3 is 14.2 Å². The largest absolute Gasteiger partial charge is 0.459 e. The average Bonchev–Trinajstić information content (AvgIpc) is 2.90. The van der Waals surface area contributed by atoms with E-state index in [1.54, 1.807) is 60.7 Å². The number of carbonyl (C=O) groups is 2. The minimum Gasteiger partial charge on any atom is -0.459 e. The van der Waals surface area contributed by atoms with Gasteiger partial charge in [0.2, 0.25) is 0 Å². The van der Waals surface area contributed by atoms with Crippen LogP contribution in [0.5, 0.6) is 0 Å². The smallest absolute Gasteiger partial charge is 0.338 e. The number of esters is 2. The van der Waals surface area contributed by atoms with Gasteiger partial charge in [0, 0.05) is 0 Å². The molecule has 0 saturated carbocycles. The number of carbonyl (C=O) groups excluding carboxylic acids is 2. The maximum atomic E-state index is 15.0. The van der Waals surface area contributed by atoms with Crippen molar-refractivity contribution in [1.29, 1.82) is 0 Å². The first kappa shape index (κ1) is 19.3. The van der Waals surface area contributed by atoms with Gasteiger partial charge in [-0.2, -0.15) is 0 Å². The fourth-order valence-electron chi connectivity index (χ4n) is 2.74. The van der Waals surface area contributed by atoms with Gasteiger partial charge in [-0.1, -0.05) is 48.0 Å². The second-order valence-corrected chi connectivity index (χ2v) is 6.69. The SMILES string of the molecule is CC1(F)C(OC(=O)c2ccccc2)[C@@H](COC(=O)c2ccccc2)O[C@H]1Cl. The Morgan fingerprint density at radius 1 is 1.04 bits per heavy atom. The van der Waals surface area contributed by atoms with Crippen LogP contribution < -0.4 is 0 Å². The van der Waals surface area contributed by atoms with Crippen LogP contribution in [0.25, 0.3) is 0 Å². The lowest BCUT2D eigenvalue weighted by atomic mass is 10.0. The molecule has 1 saturated heterocycles. The van der Waals surface area contributed by atoms with Crippen molar-refractivity contribution in [3.8, 4) is 0 Å². The standard InChI is InChI=1S/C20H18ClFO5/c1-20(22)16(27-18(24)14-10-6-3-7-11-14)15(26-19(20)21)12-25-17(23)13-8-4-2-5-9-13/h2-11,15-16,19H,12H2,1H3/t15-,16?,19-,20?/m1/s1. The number of benzene rings is 2. The topological polar surface area (TPSA) is 61.8 Å². The molecule has 0 bridgehead atoms. The van der Waals surface area contributed by atoms with E-state index in [-0.39, 0.29) is 12.2 Å². The first-order valence-corrected chi connectivity index (χ1v) is 8.80. The molecule has 1 aliphatic rings. The molecule has 3 rings (SSSR count). The van der Waals surface area contributed by atoms with Crippen LogP contribution in [0.15, 0.2) is 60.7 Å². The third-order valence-corrected chi connectivity index (χ3v) is 4.79. The normalized spacial score (nSPS) is 27.1. The Morgan fingerprint density at radius 2 is 1.56 bits per heavy atom. The van der Waals surface area contributed by atoms with Crippen molar-refractivity contribution >= 4 is 23.5 Å². The summed E-state index contributed by atoms with van der Waals surface area (Å²) in [5.41, 5.74) is -2.87. The Labute approximate surface area is 161 Å². The summed E-state index contributed by atoms with van der Waals surface area (Å²) in [6, 6.07) is 16.5. The Bertz CT molecular complexity index is 797. The quantitative estimate of drug-likeness (QED) is 0.572. The molecule has 0 N–H and O–H groups in total. The predicted molar refractivity (Wildman–Crippen MR) is 96.4 cm³/mol. The van der Waals surface area contributed by atoms with Crippen LogP contribution in [-0.2, 0) is 14.2 Å². The summed E-state index contributed by atoms with van der Waals surface area (Å²) in [5, 5.41) is 0. The van der Waals surface area contributed by atoms with E-state index in [1.807, 2.05) is 0 Å².